The Labute approximate surface area is 156 Å². The molecule has 138 valence electrons. The average molecular weight is 363 g/mol. The number of ether oxygens (including phenoxy) is 1. The number of carboxylic acid groups (broad SMARTS) is 1. The molecule has 0 bridgehead atoms. The van der Waals surface area contributed by atoms with Crippen LogP contribution in [0.5, 0.6) is 0 Å². The van der Waals surface area contributed by atoms with Crippen LogP contribution in [0.2, 0.25) is 0 Å². The topological polar surface area (TPSA) is 91.3 Å². The second-order valence-electron chi connectivity index (χ2n) is 6.24. The Hall–Kier alpha value is -3.41. The summed E-state index contributed by atoms with van der Waals surface area (Å²) in [4.78, 5) is 28.0. The van der Waals surface area contributed by atoms with E-state index in [9.17, 15) is 14.7 Å². The summed E-state index contributed by atoms with van der Waals surface area (Å²) in [6.45, 7) is 5.89. The maximum Gasteiger partial charge on any atom is 0.341 e. The lowest BCUT2D eigenvalue weighted by molar-refractivity contribution is -0.255. The molecule has 1 heterocycles. The Morgan fingerprint density at radius 3 is 2.67 bits per heavy atom. The molecule has 3 rings (SSSR count). The van der Waals surface area contributed by atoms with Gasteiger partial charge in [-0.2, -0.15) is 0 Å². The first-order valence-electron chi connectivity index (χ1n) is 8.56. The van der Waals surface area contributed by atoms with Crippen LogP contribution in [-0.2, 0) is 4.74 Å². The second kappa shape index (κ2) is 7.45. The molecule has 0 aliphatic rings. The minimum absolute atomic E-state index is 0.0448. The van der Waals surface area contributed by atoms with Crippen LogP contribution in [0.25, 0.3) is 10.9 Å². The van der Waals surface area contributed by atoms with Gasteiger partial charge < -0.3 is 20.0 Å². The summed E-state index contributed by atoms with van der Waals surface area (Å²) in [6, 6.07) is 10.2. The van der Waals surface area contributed by atoms with Crippen LogP contribution in [0.1, 0.15) is 38.8 Å². The molecule has 1 N–H and O–H groups in total. The first-order chi connectivity index (χ1) is 12.9. The Kier molecular flexibility index (Phi) is 5.07. The van der Waals surface area contributed by atoms with Gasteiger partial charge in [-0.1, -0.05) is 23.8 Å². The molecule has 3 aromatic rings. The number of carbonyl (C=O) groups excluding carboxylic acids is 2. The lowest BCUT2D eigenvalue weighted by atomic mass is 10.0. The Morgan fingerprint density at radius 1 is 1.19 bits per heavy atom. The largest absolute Gasteiger partial charge is 0.545 e. The molecule has 6 nitrogen and oxygen atoms in total. The highest BCUT2D eigenvalue weighted by Crippen LogP contribution is 2.32. The van der Waals surface area contributed by atoms with E-state index in [2.05, 4.69) is 10.3 Å². The molecule has 0 atom stereocenters. The van der Waals surface area contributed by atoms with E-state index in [-0.39, 0.29) is 17.7 Å². The third kappa shape index (κ3) is 3.74. The van der Waals surface area contributed by atoms with Gasteiger partial charge in [0, 0.05) is 17.3 Å². The quantitative estimate of drug-likeness (QED) is 0.700. The molecule has 0 aliphatic heterocycles. The SMILES string of the molecule is CCOC(=O)c1cnc2c(C)cc(C)cc2c1Nc1cccc(C(=O)[O-])c1. The molecule has 2 aromatic carbocycles. The number of hydrogen-bond acceptors (Lipinski definition) is 6. The number of nitrogens with zero attached hydrogens (tertiary/aromatic N) is 1. The number of esters is 1. The molecular formula is C21H19N2O4-. The fraction of sp³-hybridized carbons (Fsp3) is 0.190. The molecule has 0 saturated heterocycles. The van der Waals surface area contributed by atoms with E-state index in [1.807, 2.05) is 26.0 Å². The van der Waals surface area contributed by atoms with Gasteiger partial charge in [0.25, 0.3) is 0 Å². The summed E-state index contributed by atoms with van der Waals surface area (Å²) in [5.41, 5.74) is 4.14. The summed E-state index contributed by atoms with van der Waals surface area (Å²) in [7, 11) is 0. The monoisotopic (exact) mass is 363 g/mol. The first kappa shape index (κ1) is 18.4. The highest BCUT2D eigenvalue weighted by atomic mass is 16.5. The van der Waals surface area contributed by atoms with Crippen LogP contribution in [0.4, 0.5) is 11.4 Å². The van der Waals surface area contributed by atoms with Crippen molar-refractivity contribution in [3.63, 3.8) is 0 Å². The van der Waals surface area contributed by atoms with E-state index in [0.717, 1.165) is 22.0 Å². The van der Waals surface area contributed by atoms with E-state index >= 15 is 0 Å². The molecule has 0 unspecified atom stereocenters. The fourth-order valence-electron chi connectivity index (χ4n) is 3.03. The molecule has 0 aliphatic carbocycles. The maximum absolute atomic E-state index is 12.4. The van der Waals surface area contributed by atoms with Crippen molar-refractivity contribution in [1.82, 2.24) is 4.98 Å². The number of fused-ring (bicyclic) bond motifs is 1. The molecule has 0 fully saturated rings. The van der Waals surface area contributed by atoms with Gasteiger partial charge in [-0.25, -0.2) is 4.79 Å². The number of benzene rings is 2. The van der Waals surface area contributed by atoms with Crippen LogP contribution in [0.3, 0.4) is 0 Å². The van der Waals surface area contributed by atoms with Gasteiger partial charge in [-0.15, -0.1) is 0 Å². The predicted octanol–water partition coefficient (Wildman–Crippen LogP) is 3.14. The van der Waals surface area contributed by atoms with Gasteiger partial charge in [0.05, 0.1) is 23.8 Å². The number of carbonyl (C=O) groups is 2. The summed E-state index contributed by atoms with van der Waals surface area (Å²) in [5.74, 6) is -1.76. The standard InChI is InChI=1S/C21H20N2O4/c1-4-27-21(26)17-11-22-18-13(3)8-12(2)9-16(18)19(17)23-15-7-5-6-14(10-15)20(24)25/h5-11H,4H2,1-3H3,(H,22,23)(H,24,25)/p-1. The molecule has 0 spiro atoms. The zero-order chi connectivity index (χ0) is 19.6. The van der Waals surface area contributed by atoms with Crippen molar-refractivity contribution in [3.8, 4) is 0 Å². The number of aromatic nitrogens is 1. The molecule has 0 saturated carbocycles. The zero-order valence-corrected chi connectivity index (χ0v) is 15.3. The van der Waals surface area contributed by atoms with Gasteiger partial charge in [-0.3, -0.25) is 4.98 Å². The second-order valence-corrected chi connectivity index (χ2v) is 6.24. The number of aromatic carboxylic acids is 1. The van der Waals surface area contributed by atoms with E-state index in [1.165, 1.54) is 18.3 Å². The molecule has 27 heavy (non-hydrogen) atoms. The normalized spacial score (nSPS) is 10.6. The van der Waals surface area contributed by atoms with Crippen molar-refractivity contribution >= 4 is 34.2 Å². The number of aryl methyl sites for hydroxylation is 2. The smallest absolute Gasteiger partial charge is 0.341 e. The van der Waals surface area contributed by atoms with Gasteiger partial charge in [0.2, 0.25) is 0 Å². The highest BCUT2D eigenvalue weighted by Gasteiger charge is 2.18. The van der Waals surface area contributed by atoms with E-state index in [4.69, 9.17) is 4.74 Å². The highest BCUT2D eigenvalue weighted by molar-refractivity contribution is 6.07. The summed E-state index contributed by atoms with van der Waals surface area (Å²) in [5, 5.41) is 15.1. The number of carboxylic acids is 1. The lowest BCUT2D eigenvalue weighted by Crippen LogP contribution is -2.22. The van der Waals surface area contributed by atoms with Crippen molar-refractivity contribution in [1.29, 1.82) is 0 Å². The van der Waals surface area contributed by atoms with Crippen molar-refractivity contribution in [2.45, 2.75) is 20.8 Å². The summed E-state index contributed by atoms with van der Waals surface area (Å²) < 4.78 is 5.15. The maximum atomic E-state index is 12.4. The van der Waals surface area contributed by atoms with Crippen LogP contribution in [0, 0.1) is 13.8 Å². The molecule has 1 aromatic heterocycles. The Balaban J connectivity index is 2.21. The van der Waals surface area contributed by atoms with Crippen LogP contribution < -0.4 is 10.4 Å². The first-order valence-corrected chi connectivity index (χ1v) is 8.56. The van der Waals surface area contributed by atoms with Crippen molar-refractivity contribution < 1.29 is 19.4 Å². The molecular weight excluding hydrogens is 344 g/mol. The van der Waals surface area contributed by atoms with Gasteiger partial charge in [0.15, 0.2) is 0 Å². The average Bonchev–Trinajstić information content (AvgIpc) is 2.62. The van der Waals surface area contributed by atoms with E-state index in [0.29, 0.717) is 11.4 Å². The van der Waals surface area contributed by atoms with Gasteiger partial charge in [0.1, 0.15) is 5.56 Å². The van der Waals surface area contributed by atoms with Gasteiger partial charge in [-0.05, 0) is 50.1 Å². The van der Waals surface area contributed by atoms with Crippen molar-refractivity contribution in [2.24, 2.45) is 0 Å². The minimum Gasteiger partial charge on any atom is -0.545 e. The fourth-order valence-corrected chi connectivity index (χ4v) is 3.03. The van der Waals surface area contributed by atoms with Gasteiger partial charge >= 0.3 is 5.97 Å². The van der Waals surface area contributed by atoms with E-state index in [1.54, 1.807) is 19.1 Å². The van der Waals surface area contributed by atoms with Crippen LogP contribution in [0.15, 0.2) is 42.6 Å². The third-order valence-corrected chi connectivity index (χ3v) is 4.17. The molecule has 0 amide bonds. The number of pyridine rings is 1. The van der Waals surface area contributed by atoms with Crippen molar-refractivity contribution in [3.05, 3.63) is 64.8 Å². The van der Waals surface area contributed by atoms with Crippen molar-refractivity contribution in [2.75, 3.05) is 11.9 Å². The lowest BCUT2D eigenvalue weighted by Gasteiger charge is -2.16. The molecule has 0 radical (unpaired) electrons. The number of anilines is 2. The van der Waals surface area contributed by atoms with E-state index < -0.39 is 11.9 Å². The van der Waals surface area contributed by atoms with Crippen LogP contribution in [-0.4, -0.2) is 23.5 Å². The Bertz CT molecular complexity index is 1040. The summed E-state index contributed by atoms with van der Waals surface area (Å²) >= 11 is 0. The summed E-state index contributed by atoms with van der Waals surface area (Å²) in [6.07, 6.45) is 1.48. The van der Waals surface area contributed by atoms with Crippen LogP contribution >= 0.6 is 0 Å². The predicted molar refractivity (Wildman–Crippen MR) is 101 cm³/mol. The third-order valence-electron chi connectivity index (χ3n) is 4.17. The Morgan fingerprint density at radius 2 is 1.96 bits per heavy atom. The molecule has 6 heteroatoms. The number of rotatable bonds is 5. The number of hydrogen-bond donors (Lipinski definition) is 1. The number of nitrogens with one attached hydrogen (secondary N) is 1. The minimum atomic E-state index is -1.27. The zero-order valence-electron chi connectivity index (χ0n) is 15.3.